The zero-order valence-electron chi connectivity index (χ0n) is 12.9. The van der Waals surface area contributed by atoms with Crippen molar-refractivity contribution in [3.8, 4) is 0 Å². The van der Waals surface area contributed by atoms with Gasteiger partial charge in [-0.3, -0.25) is 0 Å². The summed E-state index contributed by atoms with van der Waals surface area (Å²) in [5.74, 6) is 0. The summed E-state index contributed by atoms with van der Waals surface area (Å²) in [6, 6.07) is 26.2. The second-order valence-electron chi connectivity index (χ2n) is 5.13. The summed E-state index contributed by atoms with van der Waals surface area (Å²) >= 11 is 1.65. The van der Waals surface area contributed by atoms with Gasteiger partial charge < -0.3 is 0 Å². The van der Waals surface area contributed by atoms with E-state index in [1.165, 1.54) is 5.56 Å². The predicted octanol–water partition coefficient (Wildman–Crippen LogP) is 5.57. The molecule has 0 saturated carbocycles. The Hall–Kier alpha value is -1.84. The highest BCUT2D eigenvalue weighted by molar-refractivity contribution is 8.00. The molecule has 0 N–H and O–H groups in total. The monoisotopic (exact) mass is 338 g/mol. The maximum absolute atomic E-state index is 13.0. The van der Waals surface area contributed by atoms with E-state index in [0.717, 1.165) is 26.0 Å². The van der Waals surface area contributed by atoms with Crippen LogP contribution in [0.5, 0.6) is 0 Å². The van der Waals surface area contributed by atoms with Crippen LogP contribution in [0.25, 0.3) is 0 Å². The molecule has 116 valence electrons. The van der Waals surface area contributed by atoms with Gasteiger partial charge in [0.25, 0.3) is 0 Å². The minimum atomic E-state index is -1.16. The van der Waals surface area contributed by atoms with Crippen molar-refractivity contribution in [2.45, 2.75) is 32.9 Å². The second-order valence-corrected chi connectivity index (χ2v) is 7.69. The predicted molar refractivity (Wildman–Crippen MR) is 97.5 cm³/mol. The summed E-state index contributed by atoms with van der Waals surface area (Å²) in [5, 5.41) is 0. The van der Waals surface area contributed by atoms with E-state index in [1.54, 1.807) is 11.8 Å². The normalized spacial score (nSPS) is 12.0. The van der Waals surface area contributed by atoms with Crippen LogP contribution in [-0.2, 0) is 17.2 Å². The van der Waals surface area contributed by atoms with Gasteiger partial charge in [-0.25, -0.2) is 4.21 Å². The van der Waals surface area contributed by atoms with Crippen molar-refractivity contribution >= 4 is 22.6 Å². The van der Waals surface area contributed by atoms with Crippen LogP contribution in [0, 0.1) is 0 Å². The summed E-state index contributed by atoms with van der Waals surface area (Å²) in [5.41, 5.74) is 1.26. The molecule has 3 aromatic rings. The molecule has 0 saturated heterocycles. The Labute approximate surface area is 144 Å². The van der Waals surface area contributed by atoms with Gasteiger partial charge >= 0.3 is 0 Å². The third-order valence-electron chi connectivity index (χ3n) is 3.57. The van der Waals surface area contributed by atoms with Gasteiger partial charge in [0.05, 0.1) is 15.7 Å². The lowest BCUT2D eigenvalue weighted by Crippen LogP contribution is -1.95. The van der Waals surface area contributed by atoms with Gasteiger partial charge in [0.15, 0.2) is 0 Å². The summed E-state index contributed by atoms with van der Waals surface area (Å²) in [6.07, 6.45) is 0.993. The molecule has 0 aliphatic heterocycles. The third-order valence-corrected chi connectivity index (χ3v) is 6.23. The van der Waals surface area contributed by atoms with Crippen LogP contribution in [0.4, 0.5) is 0 Å². The van der Waals surface area contributed by atoms with E-state index in [0.29, 0.717) is 0 Å². The molecule has 0 amide bonds. The summed E-state index contributed by atoms with van der Waals surface area (Å²) in [7, 11) is -1.16. The smallest absolute Gasteiger partial charge is 0.0861 e. The van der Waals surface area contributed by atoms with Gasteiger partial charge in [0.1, 0.15) is 0 Å². The molecular weight excluding hydrogens is 320 g/mol. The van der Waals surface area contributed by atoms with Gasteiger partial charge in [-0.1, -0.05) is 61.2 Å². The summed E-state index contributed by atoms with van der Waals surface area (Å²) in [6.45, 7) is 2.12. The van der Waals surface area contributed by atoms with Crippen LogP contribution < -0.4 is 0 Å². The van der Waals surface area contributed by atoms with Crippen LogP contribution in [0.1, 0.15) is 12.5 Å². The molecule has 0 aliphatic rings. The van der Waals surface area contributed by atoms with E-state index >= 15 is 0 Å². The maximum Gasteiger partial charge on any atom is 0.0861 e. The molecule has 3 heteroatoms. The molecule has 1 unspecified atom stereocenters. The Bertz CT molecular complexity index is 795. The lowest BCUT2D eigenvalue weighted by molar-refractivity contribution is 0.681. The van der Waals surface area contributed by atoms with Crippen molar-refractivity contribution in [1.29, 1.82) is 0 Å². The molecule has 23 heavy (non-hydrogen) atoms. The first-order valence-corrected chi connectivity index (χ1v) is 9.57. The zero-order chi connectivity index (χ0) is 16.1. The Morgan fingerprint density at radius 3 is 2.17 bits per heavy atom. The first-order chi connectivity index (χ1) is 11.3. The lowest BCUT2D eigenvalue weighted by Gasteiger charge is -2.09. The fourth-order valence-electron chi connectivity index (χ4n) is 2.28. The van der Waals surface area contributed by atoms with Gasteiger partial charge in [-0.15, -0.1) is 0 Å². The molecule has 0 fully saturated rings. The lowest BCUT2D eigenvalue weighted by atomic mass is 10.2. The number of aryl methyl sites for hydroxylation is 1. The first-order valence-electron chi connectivity index (χ1n) is 7.60. The molecule has 0 radical (unpaired) electrons. The van der Waals surface area contributed by atoms with Gasteiger partial charge in [-0.05, 0) is 48.4 Å². The Balaban J connectivity index is 1.91. The van der Waals surface area contributed by atoms with Crippen LogP contribution in [0.15, 0.2) is 98.4 Å². The maximum atomic E-state index is 13.0. The van der Waals surface area contributed by atoms with Crippen molar-refractivity contribution in [2.24, 2.45) is 0 Å². The minimum Gasteiger partial charge on any atom is -0.249 e. The fourth-order valence-corrected chi connectivity index (χ4v) is 4.58. The summed E-state index contributed by atoms with van der Waals surface area (Å²) < 4.78 is 13.0. The van der Waals surface area contributed by atoms with Crippen LogP contribution in [0.2, 0.25) is 0 Å². The van der Waals surface area contributed by atoms with Crippen molar-refractivity contribution in [1.82, 2.24) is 0 Å². The highest BCUT2D eigenvalue weighted by Gasteiger charge is 2.12. The van der Waals surface area contributed by atoms with E-state index in [9.17, 15) is 4.21 Å². The third kappa shape index (κ3) is 3.92. The molecule has 0 heterocycles. The van der Waals surface area contributed by atoms with Crippen molar-refractivity contribution in [3.05, 3.63) is 84.4 Å². The quantitative estimate of drug-likeness (QED) is 0.605. The molecule has 0 bridgehead atoms. The second kappa shape index (κ2) is 7.62. The molecule has 3 aromatic carbocycles. The van der Waals surface area contributed by atoms with Crippen molar-refractivity contribution in [3.63, 3.8) is 0 Å². The largest absolute Gasteiger partial charge is 0.249 e. The molecule has 0 aliphatic carbocycles. The Morgan fingerprint density at radius 1 is 0.826 bits per heavy atom. The van der Waals surface area contributed by atoms with Crippen LogP contribution in [-0.4, -0.2) is 4.21 Å². The highest BCUT2D eigenvalue weighted by atomic mass is 32.2. The average molecular weight is 338 g/mol. The van der Waals surface area contributed by atoms with Crippen LogP contribution in [0.3, 0.4) is 0 Å². The molecule has 3 rings (SSSR count). The fraction of sp³-hybridized carbons (Fsp3) is 0.100. The van der Waals surface area contributed by atoms with E-state index in [2.05, 4.69) is 31.2 Å². The Kier molecular flexibility index (Phi) is 5.31. The topological polar surface area (TPSA) is 17.1 Å². The van der Waals surface area contributed by atoms with Crippen molar-refractivity contribution < 1.29 is 4.21 Å². The van der Waals surface area contributed by atoms with E-state index in [1.807, 2.05) is 54.6 Å². The molecule has 1 atom stereocenters. The van der Waals surface area contributed by atoms with E-state index in [4.69, 9.17) is 0 Å². The van der Waals surface area contributed by atoms with Gasteiger partial charge in [-0.2, -0.15) is 0 Å². The standard InChI is InChI=1S/C20H18OS2/c1-2-16-12-14-18(15-13-16)23(21)20-11-7-6-10-19(20)22-17-8-4-3-5-9-17/h3-15H,2H2,1H3. The summed E-state index contributed by atoms with van der Waals surface area (Å²) in [4.78, 5) is 3.91. The number of benzene rings is 3. The van der Waals surface area contributed by atoms with Crippen molar-refractivity contribution in [2.75, 3.05) is 0 Å². The first kappa shape index (κ1) is 16.0. The zero-order valence-corrected chi connectivity index (χ0v) is 14.6. The number of rotatable bonds is 5. The highest BCUT2D eigenvalue weighted by Crippen LogP contribution is 2.33. The van der Waals surface area contributed by atoms with Crippen LogP contribution >= 0.6 is 11.8 Å². The van der Waals surface area contributed by atoms with Gasteiger partial charge in [0, 0.05) is 14.7 Å². The Morgan fingerprint density at radius 2 is 1.48 bits per heavy atom. The SMILES string of the molecule is CCc1ccc(S(=O)c2ccccc2Sc2ccccc2)cc1. The minimum absolute atomic E-state index is 0.850. The average Bonchev–Trinajstić information content (AvgIpc) is 2.62. The van der Waals surface area contributed by atoms with E-state index in [-0.39, 0.29) is 0 Å². The molecule has 0 aromatic heterocycles. The van der Waals surface area contributed by atoms with E-state index < -0.39 is 10.8 Å². The van der Waals surface area contributed by atoms with Gasteiger partial charge in [0.2, 0.25) is 0 Å². The molecule has 1 nitrogen and oxygen atoms in total. The number of hydrogen-bond donors (Lipinski definition) is 0. The number of hydrogen-bond acceptors (Lipinski definition) is 2. The molecular formula is C20H18OS2. The molecule has 0 spiro atoms.